The van der Waals surface area contributed by atoms with Gasteiger partial charge in [0, 0.05) is 19.6 Å². The maximum Gasteiger partial charge on any atom is 0.407 e. The van der Waals surface area contributed by atoms with Crippen molar-refractivity contribution in [3.63, 3.8) is 0 Å². The number of hydrogen-bond acceptors (Lipinski definition) is 5. The minimum Gasteiger partial charge on any atom is -0.479 e. The molecule has 2 N–H and O–H groups in total. The number of alkyl carbamates (subject to hydrolysis) is 1. The fourth-order valence-corrected chi connectivity index (χ4v) is 1.84. The Kier molecular flexibility index (Phi) is 3.25. The monoisotopic (exact) mass is 230 g/mol. The lowest BCUT2D eigenvalue weighted by Crippen LogP contribution is -2.48. The van der Waals surface area contributed by atoms with Gasteiger partial charge in [-0.05, 0) is 0 Å². The average molecular weight is 230 g/mol. The van der Waals surface area contributed by atoms with Crippen LogP contribution < -0.4 is 5.32 Å². The van der Waals surface area contributed by atoms with Crippen LogP contribution in [0.4, 0.5) is 4.79 Å². The Labute approximate surface area is 92.3 Å². The molecule has 0 aromatic rings. The number of amides is 1. The largest absolute Gasteiger partial charge is 0.479 e. The number of hydrogen-bond donors (Lipinski definition) is 2. The van der Waals surface area contributed by atoms with Crippen LogP contribution >= 0.6 is 0 Å². The van der Waals surface area contributed by atoms with Gasteiger partial charge in [-0.25, -0.2) is 9.59 Å². The molecule has 2 saturated heterocycles. The van der Waals surface area contributed by atoms with Gasteiger partial charge in [0.15, 0.2) is 6.10 Å². The van der Waals surface area contributed by atoms with Gasteiger partial charge >= 0.3 is 12.1 Å². The molecule has 1 amide bonds. The summed E-state index contributed by atoms with van der Waals surface area (Å²) in [5.41, 5.74) is 0. The van der Waals surface area contributed by atoms with Gasteiger partial charge in [0.1, 0.15) is 6.10 Å². The molecule has 90 valence electrons. The molecule has 0 radical (unpaired) electrons. The molecule has 0 saturated carbocycles. The molecule has 0 aromatic heterocycles. The van der Waals surface area contributed by atoms with E-state index in [9.17, 15) is 9.59 Å². The van der Waals surface area contributed by atoms with Gasteiger partial charge in [0.2, 0.25) is 0 Å². The Balaban J connectivity index is 1.81. The lowest BCUT2D eigenvalue weighted by molar-refractivity contribution is -0.156. The highest BCUT2D eigenvalue weighted by atomic mass is 16.6. The van der Waals surface area contributed by atoms with Crippen LogP contribution in [0, 0.1) is 0 Å². The van der Waals surface area contributed by atoms with E-state index in [0.29, 0.717) is 32.8 Å². The van der Waals surface area contributed by atoms with Crippen molar-refractivity contribution in [1.29, 1.82) is 0 Å². The highest BCUT2D eigenvalue weighted by Gasteiger charge is 2.30. The Bertz CT molecular complexity index is 296. The number of ether oxygens (including phenoxy) is 2. The van der Waals surface area contributed by atoms with Gasteiger partial charge < -0.3 is 19.9 Å². The molecule has 16 heavy (non-hydrogen) atoms. The van der Waals surface area contributed by atoms with Crippen LogP contribution in [-0.4, -0.2) is 67.1 Å². The molecule has 2 atom stereocenters. The molecule has 2 unspecified atom stereocenters. The van der Waals surface area contributed by atoms with Crippen LogP contribution in [0.5, 0.6) is 0 Å². The van der Waals surface area contributed by atoms with E-state index in [1.54, 1.807) is 0 Å². The van der Waals surface area contributed by atoms with Gasteiger partial charge in [-0.1, -0.05) is 0 Å². The topological polar surface area (TPSA) is 88.1 Å². The van der Waals surface area contributed by atoms with Gasteiger partial charge in [-0.3, -0.25) is 4.90 Å². The van der Waals surface area contributed by atoms with E-state index < -0.39 is 18.2 Å². The van der Waals surface area contributed by atoms with Gasteiger partial charge in [0.05, 0.1) is 13.2 Å². The van der Waals surface area contributed by atoms with E-state index in [2.05, 4.69) is 5.32 Å². The molecule has 2 fully saturated rings. The Morgan fingerprint density at radius 1 is 1.62 bits per heavy atom. The molecular weight excluding hydrogens is 216 g/mol. The van der Waals surface area contributed by atoms with Crippen molar-refractivity contribution >= 4 is 12.1 Å². The third-order valence-corrected chi connectivity index (χ3v) is 2.64. The summed E-state index contributed by atoms with van der Waals surface area (Å²) < 4.78 is 10.1. The van der Waals surface area contributed by atoms with Gasteiger partial charge in [0.25, 0.3) is 0 Å². The second kappa shape index (κ2) is 4.67. The second-order valence-corrected chi connectivity index (χ2v) is 3.87. The van der Waals surface area contributed by atoms with E-state index in [0.717, 1.165) is 0 Å². The summed E-state index contributed by atoms with van der Waals surface area (Å²) in [5.74, 6) is -0.953. The summed E-state index contributed by atoms with van der Waals surface area (Å²) in [5, 5.41) is 11.4. The highest BCUT2D eigenvalue weighted by Crippen LogP contribution is 2.09. The third-order valence-electron chi connectivity index (χ3n) is 2.64. The number of carbonyl (C=O) groups is 2. The highest BCUT2D eigenvalue weighted by molar-refractivity contribution is 5.72. The Morgan fingerprint density at radius 2 is 2.44 bits per heavy atom. The first-order valence-corrected chi connectivity index (χ1v) is 5.16. The van der Waals surface area contributed by atoms with E-state index >= 15 is 0 Å². The molecule has 2 aliphatic rings. The zero-order valence-corrected chi connectivity index (χ0v) is 8.72. The van der Waals surface area contributed by atoms with Crippen LogP contribution in [-0.2, 0) is 14.3 Å². The molecule has 0 aliphatic carbocycles. The molecule has 0 spiro atoms. The Hall–Kier alpha value is -1.34. The van der Waals surface area contributed by atoms with Crippen molar-refractivity contribution in [2.75, 3.05) is 32.8 Å². The zero-order valence-electron chi connectivity index (χ0n) is 8.72. The molecule has 7 heteroatoms. The molecule has 0 aromatic carbocycles. The van der Waals surface area contributed by atoms with Gasteiger partial charge in [-0.15, -0.1) is 0 Å². The lowest BCUT2D eigenvalue weighted by Gasteiger charge is -2.31. The zero-order chi connectivity index (χ0) is 11.5. The summed E-state index contributed by atoms with van der Waals surface area (Å²) in [6.45, 7) is 2.42. The second-order valence-electron chi connectivity index (χ2n) is 3.87. The maximum atomic E-state index is 10.8. The summed E-state index contributed by atoms with van der Waals surface area (Å²) in [4.78, 5) is 23.5. The summed E-state index contributed by atoms with van der Waals surface area (Å²) >= 11 is 0. The van der Waals surface area contributed by atoms with Crippen LogP contribution in [0.3, 0.4) is 0 Å². The van der Waals surface area contributed by atoms with Crippen LogP contribution in [0.25, 0.3) is 0 Å². The molecule has 2 aliphatic heterocycles. The minimum absolute atomic E-state index is 0.194. The van der Waals surface area contributed by atoms with Crippen molar-refractivity contribution in [3.05, 3.63) is 0 Å². The van der Waals surface area contributed by atoms with Crippen LogP contribution in [0.1, 0.15) is 0 Å². The van der Waals surface area contributed by atoms with E-state index in [1.165, 1.54) is 0 Å². The lowest BCUT2D eigenvalue weighted by atomic mass is 10.2. The van der Waals surface area contributed by atoms with Gasteiger partial charge in [-0.2, -0.15) is 0 Å². The number of cyclic esters (lactones) is 1. The number of carboxylic acid groups (broad SMARTS) is 1. The molecule has 7 nitrogen and oxygen atoms in total. The SMILES string of the molecule is O=C1NCC(CN2CCOC(C(=O)O)C2)O1. The average Bonchev–Trinajstić information content (AvgIpc) is 2.64. The quantitative estimate of drug-likeness (QED) is 0.638. The molecule has 2 rings (SSSR count). The molecule has 2 heterocycles. The van der Waals surface area contributed by atoms with E-state index in [-0.39, 0.29) is 6.10 Å². The number of carbonyl (C=O) groups excluding carboxylic acids is 1. The van der Waals surface area contributed by atoms with E-state index in [1.807, 2.05) is 4.90 Å². The van der Waals surface area contributed by atoms with Crippen molar-refractivity contribution in [1.82, 2.24) is 10.2 Å². The summed E-state index contributed by atoms with van der Waals surface area (Å²) in [6, 6.07) is 0. The van der Waals surface area contributed by atoms with Crippen molar-refractivity contribution in [2.24, 2.45) is 0 Å². The van der Waals surface area contributed by atoms with Crippen molar-refractivity contribution < 1.29 is 24.2 Å². The number of nitrogens with one attached hydrogen (secondary N) is 1. The van der Waals surface area contributed by atoms with Crippen LogP contribution in [0.2, 0.25) is 0 Å². The van der Waals surface area contributed by atoms with Crippen LogP contribution in [0.15, 0.2) is 0 Å². The van der Waals surface area contributed by atoms with Crippen molar-refractivity contribution in [2.45, 2.75) is 12.2 Å². The Morgan fingerprint density at radius 3 is 3.06 bits per heavy atom. The minimum atomic E-state index is -0.953. The number of carboxylic acids is 1. The fourth-order valence-electron chi connectivity index (χ4n) is 1.84. The number of morpholine rings is 1. The normalized spacial score (nSPS) is 30.9. The number of aliphatic carboxylic acids is 1. The third kappa shape index (κ3) is 2.61. The standard InChI is InChI=1S/C9H14N2O5/c12-8(13)7-5-11(1-2-15-7)4-6-3-10-9(14)16-6/h6-7H,1-5H2,(H,10,14)(H,12,13). The predicted octanol–water partition coefficient (Wildman–Crippen LogP) is -1.12. The molecule has 0 bridgehead atoms. The fraction of sp³-hybridized carbons (Fsp3) is 0.778. The maximum absolute atomic E-state index is 10.8. The first kappa shape index (κ1) is 11.2. The number of rotatable bonds is 3. The van der Waals surface area contributed by atoms with E-state index in [4.69, 9.17) is 14.6 Å². The first-order valence-electron chi connectivity index (χ1n) is 5.16. The number of nitrogens with zero attached hydrogens (tertiary/aromatic N) is 1. The smallest absolute Gasteiger partial charge is 0.407 e. The predicted molar refractivity (Wildman–Crippen MR) is 52.1 cm³/mol. The van der Waals surface area contributed by atoms with Crippen molar-refractivity contribution in [3.8, 4) is 0 Å². The summed E-state index contributed by atoms with van der Waals surface area (Å²) in [6.07, 6.45) is -1.38. The molecular formula is C9H14N2O5. The summed E-state index contributed by atoms with van der Waals surface area (Å²) in [7, 11) is 0. The first-order chi connectivity index (χ1) is 7.65.